The number of aromatic carboxylic acids is 2. The third-order valence-electron chi connectivity index (χ3n) is 2.99. The standard InChI is InChI=1S/C12H14N4O4/c1-6-4-9(11(17)18)13-15(6)8(3)16-7(2)5-10(14-16)12(19)20/h4-5,8H,1-3H3,(H,17,18)(H,19,20). The number of nitrogens with zero attached hydrogens (tertiary/aromatic N) is 4. The largest absolute Gasteiger partial charge is 0.476 e. The summed E-state index contributed by atoms with van der Waals surface area (Å²) in [5, 5.41) is 25.8. The Hall–Kier alpha value is -2.64. The van der Waals surface area contributed by atoms with E-state index >= 15 is 0 Å². The van der Waals surface area contributed by atoms with E-state index in [4.69, 9.17) is 10.2 Å². The minimum absolute atomic E-state index is 0.0578. The summed E-state index contributed by atoms with van der Waals surface area (Å²) in [4.78, 5) is 21.8. The van der Waals surface area contributed by atoms with Gasteiger partial charge in [0.25, 0.3) is 0 Å². The van der Waals surface area contributed by atoms with E-state index in [0.29, 0.717) is 11.4 Å². The van der Waals surface area contributed by atoms with Crippen molar-refractivity contribution < 1.29 is 19.8 Å². The number of rotatable bonds is 4. The molecule has 106 valence electrons. The SMILES string of the molecule is Cc1cc(C(=O)O)nn1C(C)n1nc(C(=O)O)cc1C. The zero-order valence-electron chi connectivity index (χ0n) is 11.2. The van der Waals surface area contributed by atoms with E-state index in [1.165, 1.54) is 21.5 Å². The lowest BCUT2D eigenvalue weighted by Gasteiger charge is -2.16. The summed E-state index contributed by atoms with van der Waals surface area (Å²) < 4.78 is 2.99. The van der Waals surface area contributed by atoms with Crippen molar-refractivity contribution in [3.8, 4) is 0 Å². The molecule has 0 aliphatic heterocycles. The van der Waals surface area contributed by atoms with Crippen LogP contribution >= 0.6 is 0 Å². The van der Waals surface area contributed by atoms with Crippen molar-refractivity contribution in [2.75, 3.05) is 0 Å². The predicted octanol–water partition coefficient (Wildman–Crippen LogP) is 1.16. The quantitative estimate of drug-likeness (QED) is 0.868. The first-order valence-corrected chi connectivity index (χ1v) is 5.90. The van der Waals surface area contributed by atoms with E-state index in [1.54, 1.807) is 20.8 Å². The van der Waals surface area contributed by atoms with Crippen molar-refractivity contribution in [1.82, 2.24) is 19.6 Å². The zero-order valence-corrected chi connectivity index (χ0v) is 11.2. The molecule has 20 heavy (non-hydrogen) atoms. The molecule has 8 heteroatoms. The Morgan fingerprint density at radius 2 is 1.35 bits per heavy atom. The van der Waals surface area contributed by atoms with Crippen LogP contribution in [0.3, 0.4) is 0 Å². The molecule has 0 fully saturated rings. The molecule has 0 saturated carbocycles. The second-order valence-corrected chi connectivity index (χ2v) is 4.47. The molecule has 0 aromatic carbocycles. The molecular weight excluding hydrogens is 264 g/mol. The number of aromatic nitrogens is 4. The number of carboxylic acids is 2. The van der Waals surface area contributed by atoms with Crippen molar-refractivity contribution in [3.05, 3.63) is 34.9 Å². The fraction of sp³-hybridized carbons (Fsp3) is 0.333. The van der Waals surface area contributed by atoms with Crippen molar-refractivity contribution in [3.63, 3.8) is 0 Å². The predicted molar refractivity (Wildman–Crippen MR) is 68.0 cm³/mol. The highest BCUT2D eigenvalue weighted by Crippen LogP contribution is 2.16. The van der Waals surface area contributed by atoms with Gasteiger partial charge in [-0.15, -0.1) is 0 Å². The first-order valence-electron chi connectivity index (χ1n) is 5.90. The number of hydrogen-bond acceptors (Lipinski definition) is 4. The molecule has 0 aliphatic rings. The molecule has 2 N–H and O–H groups in total. The molecule has 0 radical (unpaired) electrons. The minimum atomic E-state index is -1.11. The van der Waals surface area contributed by atoms with Gasteiger partial charge in [0.15, 0.2) is 11.4 Å². The van der Waals surface area contributed by atoms with Gasteiger partial charge in [-0.1, -0.05) is 0 Å². The molecule has 0 amide bonds. The Kier molecular flexibility index (Phi) is 3.31. The number of carboxylic acid groups (broad SMARTS) is 2. The third kappa shape index (κ3) is 2.27. The molecule has 0 aliphatic carbocycles. The molecular formula is C12H14N4O4. The maximum atomic E-state index is 10.9. The van der Waals surface area contributed by atoms with E-state index in [2.05, 4.69) is 10.2 Å². The first kappa shape index (κ1) is 13.8. The van der Waals surface area contributed by atoms with Crippen molar-refractivity contribution in [2.45, 2.75) is 26.9 Å². The van der Waals surface area contributed by atoms with Gasteiger partial charge >= 0.3 is 11.9 Å². The fourth-order valence-corrected chi connectivity index (χ4v) is 2.04. The highest BCUT2D eigenvalue weighted by Gasteiger charge is 2.19. The van der Waals surface area contributed by atoms with Gasteiger partial charge in [0.2, 0.25) is 0 Å². The maximum Gasteiger partial charge on any atom is 0.356 e. The summed E-state index contributed by atoms with van der Waals surface area (Å²) in [5.41, 5.74) is 1.19. The van der Waals surface area contributed by atoms with Gasteiger partial charge in [-0.2, -0.15) is 10.2 Å². The number of hydrogen-bond donors (Lipinski definition) is 2. The average molecular weight is 278 g/mol. The molecule has 2 heterocycles. The molecule has 2 rings (SSSR count). The van der Waals surface area contributed by atoms with Gasteiger partial charge in [-0.25, -0.2) is 19.0 Å². The highest BCUT2D eigenvalue weighted by molar-refractivity contribution is 5.85. The molecule has 0 unspecified atom stereocenters. The third-order valence-corrected chi connectivity index (χ3v) is 2.99. The lowest BCUT2D eigenvalue weighted by atomic mass is 10.3. The van der Waals surface area contributed by atoms with Gasteiger partial charge in [0.05, 0.1) is 0 Å². The maximum absolute atomic E-state index is 10.9. The van der Waals surface area contributed by atoms with Crippen LogP contribution in [0.15, 0.2) is 12.1 Å². The molecule has 0 bridgehead atoms. The average Bonchev–Trinajstić information content (AvgIpc) is 2.92. The lowest BCUT2D eigenvalue weighted by Crippen LogP contribution is -2.20. The van der Waals surface area contributed by atoms with E-state index < -0.39 is 18.1 Å². The Morgan fingerprint density at radius 3 is 1.60 bits per heavy atom. The Morgan fingerprint density at radius 1 is 1.00 bits per heavy atom. The summed E-state index contributed by atoms with van der Waals surface area (Å²) >= 11 is 0. The molecule has 0 atom stereocenters. The van der Waals surface area contributed by atoms with Crippen LogP contribution in [0.2, 0.25) is 0 Å². The van der Waals surface area contributed by atoms with Crippen LogP contribution in [0, 0.1) is 13.8 Å². The summed E-state index contributed by atoms with van der Waals surface area (Å²) in [5.74, 6) is -2.22. The highest BCUT2D eigenvalue weighted by atomic mass is 16.4. The molecule has 0 saturated heterocycles. The summed E-state index contributed by atoms with van der Waals surface area (Å²) in [7, 11) is 0. The summed E-state index contributed by atoms with van der Waals surface area (Å²) in [6, 6.07) is 2.91. The van der Waals surface area contributed by atoms with Gasteiger partial charge in [-0.05, 0) is 32.9 Å². The van der Waals surface area contributed by atoms with Gasteiger partial charge in [-0.3, -0.25) is 0 Å². The van der Waals surface area contributed by atoms with Crippen LogP contribution in [0.1, 0.15) is 45.5 Å². The summed E-state index contributed by atoms with van der Waals surface area (Å²) in [6.45, 7) is 5.22. The monoisotopic (exact) mass is 278 g/mol. The number of carbonyl (C=O) groups is 2. The second-order valence-electron chi connectivity index (χ2n) is 4.47. The lowest BCUT2D eigenvalue weighted by molar-refractivity contribution is 0.0679. The van der Waals surface area contributed by atoms with Crippen molar-refractivity contribution in [1.29, 1.82) is 0 Å². The van der Waals surface area contributed by atoms with E-state index in [1.807, 2.05) is 0 Å². The fourth-order valence-electron chi connectivity index (χ4n) is 2.04. The smallest absolute Gasteiger partial charge is 0.356 e. The van der Waals surface area contributed by atoms with E-state index in [-0.39, 0.29) is 11.4 Å². The second kappa shape index (κ2) is 4.80. The zero-order chi connectivity index (χ0) is 15.0. The van der Waals surface area contributed by atoms with Crippen LogP contribution in [0.5, 0.6) is 0 Å². The topological polar surface area (TPSA) is 110 Å². The summed E-state index contributed by atoms with van der Waals surface area (Å²) in [6.07, 6.45) is -0.420. The van der Waals surface area contributed by atoms with Gasteiger partial charge in [0.1, 0.15) is 6.17 Å². The van der Waals surface area contributed by atoms with Crippen LogP contribution in [-0.4, -0.2) is 41.7 Å². The minimum Gasteiger partial charge on any atom is -0.476 e. The molecule has 2 aromatic rings. The van der Waals surface area contributed by atoms with E-state index in [0.717, 1.165) is 0 Å². The van der Waals surface area contributed by atoms with Crippen molar-refractivity contribution in [2.24, 2.45) is 0 Å². The first-order chi connectivity index (χ1) is 9.31. The normalized spacial score (nSPS) is 11.0. The Labute approximate surface area is 114 Å². The Bertz CT molecular complexity index is 627. The van der Waals surface area contributed by atoms with Crippen LogP contribution in [0.4, 0.5) is 0 Å². The van der Waals surface area contributed by atoms with Crippen LogP contribution < -0.4 is 0 Å². The van der Waals surface area contributed by atoms with E-state index in [9.17, 15) is 9.59 Å². The van der Waals surface area contributed by atoms with Crippen LogP contribution in [-0.2, 0) is 0 Å². The van der Waals surface area contributed by atoms with Crippen LogP contribution in [0.25, 0.3) is 0 Å². The number of aryl methyl sites for hydroxylation is 2. The molecule has 0 spiro atoms. The van der Waals surface area contributed by atoms with Gasteiger partial charge < -0.3 is 10.2 Å². The van der Waals surface area contributed by atoms with Crippen molar-refractivity contribution >= 4 is 11.9 Å². The molecule has 8 nitrogen and oxygen atoms in total. The molecule has 2 aromatic heterocycles. The van der Waals surface area contributed by atoms with Gasteiger partial charge in [0, 0.05) is 11.4 Å². The Balaban J connectivity index is 2.43.